The summed E-state index contributed by atoms with van der Waals surface area (Å²) >= 11 is 0. The first-order valence-electron chi connectivity index (χ1n) is 6.69. The summed E-state index contributed by atoms with van der Waals surface area (Å²) in [5.41, 5.74) is 3.92. The number of H-pyrrole nitrogens is 2. The summed E-state index contributed by atoms with van der Waals surface area (Å²) in [7, 11) is 2.04. The van der Waals surface area contributed by atoms with E-state index in [9.17, 15) is 4.79 Å². The van der Waals surface area contributed by atoms with Crippen LogP contribution in [0, 0.1) is 0 Å². The lowest BCUT2D eigenvalue weighted by atomic mass is 10.1. The lowest BCUT2D eigenvalue weighted by Gasteiger charge is -2.14. The molecule has 104 valence electrons. The SMILES string of the molecule is CC(NCc1cccn1C)c1ccc2[nH]c(=O)[nH]c2c1. The maximum Gasteiger partial charge on any atom is 0.323 e. The molecular weight excluding hydrogens is 252 g/mol. The van der Waals surface area contributed by atoms with Crippen molar-refractivity contribution in [1.29, 1.82) is 0 Å². The van der Waals surface area contributed by atoms with Crippen molar-refractivity contribution in [3.8, 4) is 0 Å². The fourth-order valence-corrected chi connectivity index (χ4v) is 2.38. The number of aromatic nitrogens is 3. The molecule has 1 unspecified atom stereocenters. The highest BCUT2D eigenvalue weighted by molar-refractivity contribution is 5.75. The second-order valence-electron chi connectivity index (χ2n) is 5.10. The van der Waals surface area contributed by atoms with Crippen LogP contribution in [-0.4, -0.2) is 14.5 Å². The summed E-state index contributed by atoms with van der Waals surface area (Å²) in [5, 5.41) is 3.49. The number of fused-ring (bicyclic) bond motifs is 1. The number of aromatic amines is 2. The van der Waals surface area contributed by atoms with Gasteiger partial charge in [-0.05, 0) is 36.8 Å². The Labute approximate surface area is 116 Å². The van der Waals surface area contributed by atoms with Gasteiger partial charge in [0.15, 0.2) is 0 Å². The van der Waals surface area contributed by atoms with Crippen LogP contribution >= 0.6 is 0 Å². The number of hydrogen-bond donors (Lipinski definition) is 3. The summed E-state index contributed by atoms with van der Waals surface area (Å²) in [5.74, 6) is 0. The Bertz CT molecular complexity index is 780. The van der Waals surface area contributed by atoms with Crippen molar-refractivity contribution in [1.82, 2.24) is 19.9 Å². The molecule has 5 nitrogen and oxygen atoms in total. The highest BCUT2D eigenvalue weighted by Gasteiger charge is 2.08. The number of imidazole rings is 1. The minimum atomic E-state index is -0.165. The molecule has 0 bridgehead atoms. The second-order valence-corrected chi connectivity index (χ2v) is 5.10. The molecule has 0 radical (unpaired) electrons. The van der Waals surface area contributed by atoms with E-state index in [1.54, 1.807) is 0 Å². The lowest BCUT2D eigenvalue weighted by molar-refractivity contribution is 0.558. The van der Waals surface area contributed by atoms with Gasteiger partial charge in [0.2, 0.25) is 0 Å². The summed E-state index contributed by atoms with van der Waals surface area (Å²) in [6.45, 7) is 2.93. The molecule has 1 aromatic carbocycles. The van der Waals surface area contributed by atoms with Crippen LogP contribution in [0.1, 0.15) is 24.2 Å². The van der Waals surface area contributed by atoms with Gasteiger partial charge in [-0.15, -0.1) is 0 Å². The minimum absolute atomic E-state index is 0.165. The Balaban J connectivity index is 1.76. The van der Waals surface area contributed by atoms with Crippen LogP contribution in [0.5, 0.6) is 0 Å². The van der Waals surface area contributed by atoms with E-state index in [1.807, 2.05) is 37.5 Å². The number of hydrogen-bond acceptors (Lipinski definition) is 2. The molecule has 3 rings (SSSR count). The highest BCUT2D eigenvalue weighted by atomic mass is 16.1. The van der Waals surface area contributed by atoms with E-state index >= 15 is 0 Å². The van der Waals surface area contributed by atoms with E-state index < -0.39 is 0 Å². The maximum atomic E-state index is 11.3. The third-order valence-corrected chi connectivity index (χ3v) is 3.68. The van der Waals surface area contributed by atoms with Crippen molar-refractivity contribution >= 4 is 11.0 Å². The monoisotopic (exact) mass is 270 g/mol. The zero-order valence-corrected chi connectivity index (χ0v) is 11.6. The molecule has 2 aromatic heterocycles. The third-order valence-electron chi connectivity index (χ3n) is 3.68. The Morgan fingerprint density at radius 2 is 2.05 bits per heavy atom. The Hall–Kier alpha value is -2.27. The fraction of sp³-hybridized carbons (Fsp3) is 0.267. The van der Waals surface area contributed by atoms with Crippen LogP contribution in [0.25, 0.3) is 11.0 Å². The van der Waals surface area contributed by atoms with Crippen molar-refractivity contribution in [3.63, 3.8) is 0 Å². The van der Waals surface area contributed by atoms with E-state index in [4.69, 9.17) is 0 Å². The molecule has 0 saturated heterocycles. The molecule has 0 aliphatic rings. The lowest BCUT2D eigenvalue weighted by Crippen LogP contribution is -2.19. The average Bonchev–Trinajstić information content (AvgIpc) is 2.99. The smallest absolute Gasteiger partial charge is 0.323 e. The van der Waals surface area contributed by atoms with Gasteiger partial charge in [-0.25, -0.2) is 4.79 Å². The molecule has 0 aliphatic heterocycles. The topological polar surface area (TPSA) is 65.6 Å². The molecule has 3 N–H and O–H groups in total. The van der Waals surface area contributed by atoms with E-state index in [-0.39, 0.29) is 11.7 Å². The molecule has 0 aliphatic carbocycles. The Morgan fingerprint density at radius 1 is 1.25 bits per heavy atom. The number of aryl methyl sites for hydroxylation is 1. The van der Waals surface area contributed by atoms with Crippen molar-refractivity contribution in [3.05, 3.63) is 58.3 Å². The van der Waals surface area contributed by atoms with E-state index in [0.29, 0.717) is 0 Å². The highest BCUT2D eigenvalue weighted by Crippen LogP contribution is 2.17. The first-order chi connectivity index (χ1) is 9.63. The largest absolute Gasteiger partial charge is 0.353 e. The predicted molar refractivity (Wildman–Crippen MR) is 79.6 cm³/mol. The van der Waals surface area contributed by atoms with Crippen LogP contribution in [0.3, 0.4) is 0 Å². The molecule has 0 fully saturated rings. The van der Waals surface area contributed by atoms with Crippen molar-refractivity contribution in [2.45, 2.75) is 19.5 Å². The molecule has 20 heavy (non-hydrogen) atoms. The summed E-state index contributed by atoms with van der Waals surface area (Å²) in [6.07, 6.45) is 2.04. The molecular formula is C15H18N4O. The van der Waals surface area contributed by atoms with Crippen molar-refractivity contribution < 1.29 is 0 Å². The molecule has 0 spiro atoms. The fourth-order valence-electron chi connectivity index (χ4n) is 2.38. The second kappa shape index (κ2) is 5.02. The van der Waals surface area contributed by atoms with Gasteiger partial charge in [0.05, 0.1) is 11.0 Å². The minimum Gasteiger partial charge on any atom is -0.353 e. The van der Waals surface area contributed by atoms with Crippen LogP contribution in [-0.2, 0) is 13.6 Å². The van der Waals surface area contributed by atoms with Gasteiger partial charge in [0, 0.05) is 31.5 Å². The Kier molecular flexibility index (Phi) is 3.20. The predicted octanol–water partition coefficient (Wildman–Crippen LogP) is 2.05. The van der Waals surface area contributed by atoms with Crippen molar-refractivity contribution in [2.75, 3.05) is 0 Å². The molecule has 1 atom stereocenters. The number of nitrogens with one attached hydrogen (secondary N) is 3. The first-order valence-corrected chi connectivity index (χ1v) is 6.69. The van der Waals surface area contributed by atoms with Crippen LogP contribution in [0.2, 0.25) is 0 Å². The zero-order valence-electron chi connectivity index (χ0n) is 11.6. The van der Waals surface area contributed by atoms with Gasteiger partial charge in [-0.3, -0.25) is 0 Å². The van der Waals surface area contributed by atoms with Gasteiger partial charge in [-0.1, -0.05) is 6.07 Å². The third kappa shape index (κ3) is 2.40. The summed E-state index contributed by atoms with van der Waals surface area (Å²) in [6, 6.07) is 10.3. The number of benzene rings is 1. The van der Waals surface area contributed by atoms with Crippen LogP contribution in [0.4, 0.5) is 0 Å². The molecule has 0 saturated carbocycles. The average molecular weight is 270 g/mol. The van der Waals surface area contributed by atoms with Gasteiger partial charge in [-0.2, -0.15) is 0 Å². The zero-order chi connectivity index (χ0) is 14.1. The van der Waals surface area contributed by atoms with Crippen LogP contribution < -0.4 is 11.0 Å². The summed E-state index contributed by atoms with van der Waals surface area (Å²) < 4.78 is 2.10. The standard InChI is InChI=1S/C15H18N4O/c1-10(16-9-12-4-3-7-19(12)2)11-5-6-13-14(8-11)18-15(20)17-13/h3-8,10,16H,9H2,1-2H3,(H2,17,18,20). The maximum absolute atomic E-state index is 11.3. The van der Waals surface area contributed by atoms with E-state index in [2.05, 4.69) is 32.8 Å². The molecule has 5 heteroatoms. The molecule has 3 aromatic rings. The van der Waals surface area contributed by atoms with Crippen molar-refractivity contribution in [2.24, 2.45) is 7.05 Å². The van der Waals surface area contributed by atoms with Gasteiger partial charge >= 0.3 is 5.69 Å². The van der Waals surface area contributed by atoms with Gasteiger partial charge < -0.3 is 19.9 Å². The van der Waals surface area contributed by atoms with E-state index in [1.165, 1.54) is 5.69 Å². The summed E-state index contributed by atoms with van der Waals surface area (Å²) in [4.78, 5) is 16.8. The van der Waals surface area contributed by atoms with Gasteiger partial charge in [0.25, 0.3) is 0 Å². The quantitative estimate of drug-likeness (QED) is 0.679. The van der Waals surface area contributed by atoms with E-state index in [0.717, 1.165) is 23.1 Å². The normalized spacial score (nSPS) is 12.9. The first kappa shape index (κ1) is 12.7. The molecule has 0 amide bonds. The Morgan fingerprint density at radius 3 is 2.80 bits per heavy atom. The molecule has 2 heterocycles. The number of nitrogens with zero attached hydrogens (tertiary/aromatic N) is 1. The number of rotatable bonds is 4. The van der Waals surface area contributed by atoms with Crippen LogP contribution in [0.15, 0.2) is 41.3 Å². The van der Waals surface area contributed by atoms with Gasteiger partial charge in [0.1, 0.15) is 0 Å².